The van der Waals surface area contributed by atoms with E-state index in [0.29, 0.717) is 17.8 Å². The molecule has 2 amide bonds. The lowest BCUT2D eigenvalue weighted by molar-refractivity contribution is -0.114. The first-order valence-corrected chi connectivity index (χ1v) is 7.45. The molecule has 0 fully saturated rings. The minimum atomic E-state index is -0.156. The molecule has 1 aromatic heterocycles. The first-order chi connectivity index (χ1) is 10.1. The van der Waals surface area contributed by atoms with E-state index in [1.165, 1.54) is 6.92 Å². The summed E-state index contributed by atoms with van der Waals surface area (Å²) in [5.74, 6) is -0.226. The summed E-state index contributed by atoms with van der Waals surface area (Å²) in [6, 6.07) is 6.94. The maximum absolute atomic E-state index is 12.3. The summed E-state index contributed by atoms with van der Waals surface area (Å²) in [7, 11) is 1.76. The van der Waals surface area contributed by atoms with Crippen molar-refractivity contribution in [1.29, 1.82) is 0 Å². The number of benzene rings is 1. The fourth-order valence-corrected chi connectivity index (χ4v) is 2.50. The molecule has 0 unspecified atom stereocenters. The number of aromatic nitrogens is 1. The van der Waals surface area contributed by atoms with Gasteiger partial charge in [0.25, 0.3) is 5.91 Å². The maximum Gasteiger partial charge on any atom is 0.253 e. The van der Waals surface area contributed by atoms with Crippen molar-refractivity contribution < 1.29 is 9.59 Å². The zero-order valence-corrected chi connectivity index (χ0v) is 12.8. The molecule has 2 aromatic rings. The van der Waals surface area contributed by atoms with Gasteiger partial charge in [0.15, 0.2) is 0 Å². The van der Waals surface area contributed by atoms with Crippen molar-refractivity contribution in [2.75, 3.05) is 18.9 Å². The number of nitrogens with one attached hydrogen (secondary N) is 1. The summed E-state index contributed by atoms with van der Waals surface area (Å²) in [6.07, 6.45) is 2.50. The fraction of sp³-hybridized carbons (Fsp3) is 0.267. The summed E-state index contributed by atoms with van der Waals surface area (Å²) in [4.78, 5) is 29.2. The zero-order chi connectivity index (χ0) is 15.2. The van der Waals surface area contributed by atoms with E-state index in [0.717, 1.165) is 11.4 Å². The smallest absolute Gasteiger partial charge is 0.253 e. The second-order valence-electron chi connectivity index (χ2n) is 4.66. The van der Waals surface area contributed by atoms with Crippen LogP contribution in [0.25, 0.3) is 0 Å². The van der Waals surface area contributed by atoms with Crippen LogP contribution in [-0.4, -0.2) is 35.3 Å². The van der Waals surface area contributed by atoms with Crippen LogP contribution in [0.2, 0.25) is 0 Å². The van der Waals surface area contributed by atoms with E-state index in [9.17, 15) is 9.59 Å². The average molecular weight is 303 g/mol. The highest BCUT2D eigenvalue weighted by molar-refractivity contribution is 7.09. The van der Waals surface area contributed by atoms with Crippen LogP contribution in [0.15, 0.2) is 35.8 Å². The number of hydrogen-bond acceptors (Lipinski definition) is 4. The molecule has 21 heavy (non-hydrogen) atoms. The summed E-state index contributed by atoms with van der Waals surface area (Å²) < 4.78 is 0. The predicted molar refractivity (Wildman–Crippen MR) is 83.5 cm³/mol. The van der Waals surface area contributed by atoms with Crippen LogP contribution in [0.4, 0.5) is 5.69 Å². The molecule has 110 valence electrons. The summed E-state index contributed by atoms with van der Waals surface area (Å²) in [5, 5.41) is 5.62. The molecule has 6 heteroatoms. The van der Waals surface area contributed by atoms with Crippen molar-refractivity contribution in [3.05, 3.63) is 46.4 Å². The molecule has 0 aliphatic rings. The van der Waals surface area contributed by atoms with Crippen LogP contribution in [0, 0.1) is 0 Å². The van der Waals surface area contributed by atoms with Crippen LogP contribution in [0.1, 0.15) is 22.3 Å². The molecule has 5 nitrogen and oxygen atoms in total. The molecule has 1 aromatic carbocycles. The number of rotatable bonds is 5. The summed E-state index contributed by atoms with van der Waals surface area (Å²) in [5.41, 5.74) is 1.18. The molecule has 1 heterocycles. The standard InChI is InChI=1S/C15H17N3O2S/c1-11(19)17-13-5-3-4-12(10-13)15(20)18(2)8-6-14-16-7-9-21-14/h3-5,7,9-10H,6,8H2,1-2H3,(H,17,19). The Balaban J connectivity index is 1.99. The largest absolute Gasteiger partial charge is 0.341 e. The first-order valence-electron chi connectivity index (χ1n) is 6.58. The molecule has 0 spiro atoms. The summed E-state index contributed by atoms with van der Waals surface area (Å²) >= 11 is 1.59. The number of carbonyl (C=O) groups is 2. The van der Waals surface area contributed by atoms with E-state index in [1.54, 1.807) is 53.7 Å². The second-order valence-corrected chi connectivity index (χ2v) is 5.64. The van der Waals surface area contributed by atoms with Crippen molar-refractivity contribution in [2.45, 2.75) is 13.3 Å². The monoisotopic (exact) mass is 303 g/mol. The Bertz CT molecular complexity index is 626. The van der Waals surface area contributed by atoms with Crippen LogP contribution < -0.4 is 5.32 Å². The fourth-order valence-electron chi connectivity index (χ4n) is 1.89. The van der Waals surface area contributed by atoms with Gasteiger partial charge in [0.05, 0.1) is 5.01 Å². The maximum atomic E-state index is 12.3. The zero-order valence-electron chi connectivity index (χ0n) is 12.0. The van der Waals surface area contributed by atoms with Gasteiger partial charge in [-0.1, -0.05) is 6.07 Å². The van der Waals surface area contributed by atoms with E-state index in [2.05, 4.69) is 10.3 Å². The predicted octanol–water partition coefficient (Wildman–Crippen LogP) is 2.42. The normalized spacial score (nSPS) is 10.2. The van der Waals surface area contributed by atoms with E-state index >= 15 is 0 Å². The Morgan fingerprint density at radius 3 is 2.86 bits per heavy atom. The van der Waals surface area contributed by atoms with Gasteiger partial charge in [-0.05, 0) is 18.2 Å². The quantitative estimate of drug-likeness (QED) is 0.922. The van der Waals surface area contributed by atoms with E-state index in [-0.39, 0.29) is 11.8 Å². The number of carbonyl (C=O) groups excluding carboxylic acids is 2. The number of nitrogens with zero attached hydrogens (tertiary/aromatic N) is 2. The first kappa shape index (κ1) is 15.2. The van der Waals surface area contributed by atoms with Gasteiger partial charge in [-0.25, -0.2) is 4.98 Å². The van der Waals surface area contributed by atoms with Gasteiger partial charge in [0.2, 0.25) is 5.91 Å². The molecule has 0 saturated carbocycles. The molecule has 0 aliphatic heterocycles. The number of likely N-dealkylation sites (N-methyl/N-ethyl adjacent to an activating group) is 1. The van der Waals surface area contributed by atoms with Gasteiger partial charge in [-0.3, -0.25) is 9.59 Å². The van der Waals surface area contributed by atoms with Gasteiger partial charge in [-0.15, -0.1) is 11.3 Å². The minimum absolute atomic E-state index is 0.0706. The second kappa shape index (κ2) is 6.99. The molecule has 0 saturated heterocycles. The molecule has 2 rings (SSSR count). The molecule has 0 aliphatic carbocycles. The average Bonchev–Trinajstić information content (AvgIpc) is 2.97. The van der Waals surface area contributed by atoms with Crippen molar-refractivity contribution in [3.63, 3.8) is 0 Å². The third kappa shape index (κ3) is 4.39. The Kier molecular flexibility index (Phi) is 5.05. The Morgan fingerprint density at radius 1 is 1.38 bits per heavy atom. The highest BCUT2D eigenvalue weighted by Crippen LogP contribution is 2.13. The van der Waals surface area contributed by atoms with Gasteiger partial charge >= 0.3 is 0 Å². The highest BCUT2D eigenvalue weighted by atomic mass is 32.1. The van der Waals surface area contributed by atoms with Crippen molar-refractivity contribution in [3.8, 4) is 0 Å². The number of anilines is 1. The molecule has 0 bridgehead atoms. The van der Waals surface area contributed by atoms with Gasteiger partial charge in [0.1, 0.15) is 0 Å². The summed E-state index contributed by atoms with van der Waals surface area (Å²) in [6.45, 7) is 2.05. The van der Waals surface area contributed by atoms with Crippen LogP contribution in [-0.2, 0) is 11.2 Å². The lowest BCUT2D eigenvalue weighted by atomic mass is 10.1. The highest BCUT2D eigenvalue weighted by Gasteiger charge is 2.12. The van der Waals surface area contributed by atoms with Gasteiger partial charge in [-0.2, -0.15) is 0 Å². The minimum Gasteiger partial charge on any atom is -0.341 e. The Hall–Kier alpha value is -2.21. The number of thiazole rings is 1. The van der Waals surface area contributed by atoms with Crippen LogP contribution in [0.3, 0.4) is 0 Å². The van der Waals surface area contributed by atoms with E-state index in [1.807, 2.05) is 5.38 Å². The third-order valence-corrected chi connectivity index (χ3v) is 3.76. The lowest BCUT2D eigenvalue weighted by Crippen LogP contribution is -2.28. The molecule has 0 radical (unpaired) electrons. The van der Waals surface area contributed by atoms with Gasteiger partial charge < -0.3 is 10.2 Å². The van der Waals surface area contributed by atoms with E-state index in [4.69, 9.17) is 0 Å². The van der Waals surface area contributed by atoms with E-state index < -0.39 is 0 Å². The number of hydrogen-bond donors (Lipinski definition) is 1. The van der Waals surface area contributed by atoms with Gasteiger partial charge in [0, 0.05) is 49.8 Å². The van der Waals surface area contributed by atoms with Crippen molar-refractivity contribution >= 4 is 28.8 Å². The van der Waals surface area contributed by atoms with Crippen LogP contribution >= 0.6 is 11.3 Å². The molecule has 1 N–H and O–H groups in total. The topological polar surface area (TPSA) is 62.3 Å². The Labute approximate surface area is 127 Å². The number of amides is 2. The molecular formula is C15H17N3O2S. The third-order valence-electron chi connectivity index (χ3n) is 2.92. The lowest BCUT2D eigenvalue weighted by Gasteiger charge is -2.17. The molecular weight excluding hydrogens is 286 g/mol. The SMILES string of the molecule is CC(=O)Nc1cccc(C(=O)N(C)CCc2nccs2)c1. The van der Waals surface area contributed by atoms with Crippen LogP contribution in [0.5, 0.6) is 0 Å². The Morgan fingerprint density at radius 2 is 2.19 bits per heavy atom. The van der Waals surface area contributed by atoms with Crippen molar-refractivity contribution in [2.24, 2.45) is 0 Å². The molecule has 0 atom stereocenters. The van der Waals surface area contributed by atoms with Crippen molar-refractivity contribution in [1.82, 2.24) is 9.88 Å².